The van der Waals surface area contributed by atoms with Crippen LogP contribution in [0.2, 0.25) is 0 Å². The Morgan fingerprint density at radius 3 is 2.30 bits per heavy atom. The van der Waals surface area contributed by atoms with Crippen LogP contribution in [0.3, 0.4) is 0 Å². The maximum Gasteiger partial charge on any atom is 0.171 e. The van der Waals surface area contributed by atoms with Gasteiger partial charge in [0, 0.05) is 0 Å². The van der Waals surface area contributed by atoms with E-state index in [0.717, 1.165) is 12.0 Å². The van der Waals surface area contributed by atoms with Crippen molar-refractivity contribution in [1.82, 2.24) is 5.32 Å². The van der Waals surface area contributed by atoms with Crippen molar-refractivity contribution in [3.8, 4) is 0 Å². The normalized spacial score (nSPS) is 11.9. The summed E-state index contributed by atoms with van der Waals surface area (Å²) in [6.45, 7) is 6.14. The molecule has 0 bridgehead atoms. The highest BCUT2D eigenvalue weighted by Gasteiger charge is 2.14. The van der Waals surface area contributed by atoms with E-state index in [4.69, 9.17) is 12.2 Å². The molecule has 0 aliphatic carbocycles. The SMILES string of the molecule is CCC(NC(=S)Nc1c(F)cccc1F)c1ccc(C)c(C)c1. The average Bonchev–Trinajstić information content (AvgIpc) is 2.51. The summed E-state index contributed by atoms with van der Waals surface area (Å²) in [6, 6.07) is 9.87. The van der Waals surface area contributed by atoms with Crippen molar-refractivity contribution in [3.05, 3.63) is 64.7 Å². The van der Waals surface area contributed by atoms with Crippen LogP contribution in [-0.2, 0) is 0 Å². The minimum atomic E-state index is -0.673. The van der Waals surface area contributed by atoms with Crippen molar-refractivity contribution in [2.45, 2.75) is 33.2 Å². The summed E-state index contributed by atoms with van der Waals surface area (Å²) in [6.07, 6.45) is 0.796. The maximum absolute atomic E-state index is 13.7. The van der Waals surface area contributed by atoms with E-state index >= 15 is 0 Å². The van der Waals surface area contributed by atoms with E-state index in [9.17, 15) is 8.78 Å². The second-order valence-electron chi connectivity index (χ2n) is 5.50. The molecule has 23 heavy (non-hydrogen) atoms. The van der Waals surface area contributed by atoms with Gasteiger partial charge in [0.25, 0.3) is 0 Å². The van der Waals surface area contributed by atoms with Gasteiger partial charge in [-0.05, 0) is 61.3 Å². The van der Waals surface area contributed by atoms with Crippen molar-refractivity contribution >= 4 is 23.0 Å². The van der Waals surface area contributed by atoms with Crippen LogP contribution in [0.4, 0.5) is 14.5 Å². The van der Waals surface area contributed by atoms with Gasteiger partial charge in [0.2, 0.25) is 0 Å². The van der Waals surface area contributed by atoms with E-state index in [0.29, 0.717) is 0 Å². The fourth-order valence-corrected chi connectivity index (χ4v) is 2.57. The predicted octanol–water partition coefficient (Wildman–Crippen LogP) is 5.02. The lowest BCUT2D eigenvalue weighted by atomic mass is 9.99. The first-order valence-corrected chi connectivity index (χ1v) is 7.92. The molecule has 5 heteroatoms. The third-order valence-electron chi connectivity index (χ3n) is 3.85. The number of anilines is 1. The molecule has 0 aliphatic heterocycles. The smallest absolute Gasteiger partial charge is 0.171 e. The molecule has 0 saturated heterocycles. The fourth-order valence-electron chi connectivity index (χ4n) is 2.33. The molecule has 0 heterocycles. The second-order valence-corrected chi connectivity index (χ2v) is 5.91. The highest BCUT2D eigenvalue weighted by molar-refractivity contribution is 7.80. The zero-order valence-corrected chi connectivity index (χ0v) is 14.2. The number of para-hydroxylation sites is 1. The number of hydrogen-bond donors (Lipinski definition) is 2. The van der Waals surface area contributed by atoms with Crippen molar-refractivity contribution in [2.75, 3.05) is 5.32 Å². The summed E-state index contributed by atoms with van der Waals surface area (Å²) in [7, 11) is 0. The predicted molar refractivity (Wildman–Crippen MR) is 94.7 cm³/mol. The fraction of sp³-hybridized carbons (Fsp3) is 0.278. The van der Waals surface area contributed by atoms with Gasteiger partial charge in [0.15, 0.2) is 5.11 Å². The molecule has 0 saturated carbocycles. The van der Waals surface area contributed by atoms with Gasteiger partial charge in [0.05, 0.1) is 6.04 Å². The standard InChI is InChI=1S/C18H20F2N2S/c1-4-16(13-9-8-11(2)12(3)10-13)21-18(23)22-17-14(19)6-5-7-15(17)20/h5-10,16H,4H2,1-3H3,(H2,21,22,23). The first-order chi connectivity index (χ1) is 10.9. The molecule has 2 aromatic carbocycles. The number of hydrogen-bond acceptors (Lipinski definition) is 1. The number of benzene rings is 2. The van der Waals surface area contributed by atoms with Crippen LogP contribution in [0.5, 0.6) is 0 Å². The summed E-state index contributed by atoms with van der Waals surface area (Å²) in [5.41, 5.74) is 3.27. The van der Waals surface area contributed by atoms with Crippen LogP contribution in [-0.4, -0.2) is 5.11 Å². The molecule has 0 aliphatic rings. The zero-order valence-electron chi connectivity index (χ0n) is 13.4. The summed E-state index contributed by atoms with van der Waals surface area (Å²) in [5, 5.41) is 5.92. The Hall–Kier alpha value is -2.01. The summed E-state index contributed by atoms with van der Waals surface area (Å²) >= 11 is 5.20. The van der Waals surface area contributed by atoms with Gasteiger partial charge in [0.1, 0.15) is 17.3 Å². The topological polar surface area (TPSA) is 24.1 Å². The lowest BCUT2D eigenvalue weighted by Crippen LogP contribution is -2.32. The molecule has 0 fully saturated rings. The van der Waals surface area contributed by atoms with Crippen LogP contribution in [0.15, 0.2) is 36.4 Å². The molecule has 0 spiro atoms. The lowest BCUT2D eigenvalue weighted by Gasteiger charge is -2.21. The van der Waals surface area contributed by atoms with Gasteiger partial charge >= 0.3 is 0 Å². The largest absolute Gasteiger partial charge is 0.356 e. The molecule has 2 N–H and O–H groups in total. The number of aryl methyl sites for hydroxylation is 2. The Bertz CT molecular complexity index is 696. The van der Waals surface area contributed by atoms with Crippen molar-refractivity contribution < 1.29 is 8.78 Å². The van der Waals surface area contributed by atoms with E-state index in [-0.39, 0.29) is 16.8 Å². The van der Waals surface area contributed by atoms with Gasteiger partial charge in [-0.2, -0.15) is 0 Å². The van der Waals surface area contributed by atoms with Crippen molar-refractivity contribution in [2.24, 2.45) is 0 Å². The van der Waals surface area contributed by atoms with Gasteiger partial charge in [-0.25, -0.2) is 8.78 Å². The van der Waals surface area contributed by atoms with E-state index in [1.165, 1.54) is 29.3 Å². The second kappa shape index (κ2) is 7.51. The molecule has 122 valence electrons. The van der Waals surface area contributed by atoms with Gasteiger partial charge in [-0.3, -0.25) is 0 Å². The first kappa shape index (κ1) is 17.3. The molecule has 2 aromatic rings. The molecule has 0 amide bonds. The van der Waals surface area contributed by atoms with Crippen LogP contribution in [0.25, 0.3) is 0 Å². The Morgan fingerprint density at radius 1 is 1.09 bits per heavy atom. The number of halogens is 2. The Balaban J connectivity index is 2.12. The first-order valence-electron chi connectivity index (χ1n) is 7.51. The number of thiocarbonyl (C=S) groups is 1. The highest BCUT2D eigenvalue weighted by atomic mass is 32.1. The highest BCUT2D eigenvalue weighted by Crippen LogP contribution is 2.21. The van der Waals surface area contributed by atoms with Crippen molar-refractivity contribution in [1.29, 1.82) is 0 Å². The summed E-state index contributed by atoms with van der Waals surface area (Å²) in [5.74, 6) is -1.35. The minimum absolute atomic E-state index is 0.0239. The Morgan fingerprint density at radius 2 is 1.74 bits per heavy atom. The molecule has 0 radical (unpaired) electrons. The van der Waals surface area contributed by atoms with Gasteiger partial charge in [-0.15, -0.1) is 0 Å². The van der Waals surface area contributed by atoms with E-state index in [1.807, 2.05) is 13.0 Å². The molecule has 0 aromatic heterocycles. The summed E-state index contributed by atoms with van der Waals surface area (Å²) in [4.78, 5) is 0. The van der Waals surface area contributed by atoms with E-state index in [1.54, 1.807) is 0 Å². The monoisotopic (exact) mass is 334 g/mol. The Kier molecular flexibility index (Phi) is 5.66. The quantitative estimate of drug-likeness (QED) is 0.768. The third kappa shape index (κ3) is 4.26. The van der Waals surface area contributed by atoms with Crippen LogP contribution in [0, 0.1) is 25.5 Å². The third-order valence-corrected chi connectivity index (χ3v) is 4.07. The minimum Gasteiger partial charge on any atom is -0.356 e. The van der Waals surface area contributed by atoms with Crippen LogP contribution >= 0.6 is 12.2 Å². The Labute approximate surface area is 140 Å². The molecule has 1 unspecified atom stereocenters. The number of rotatable bonds is 4. The molecule has 2 rings (SSSR count). The van der Waals surface area contributed by atoms with Crippen LogP contribution in [0.1, 0.15) is 36.1 Å². The van der Waals surface area contributed by atoms with Gasteiger partial charge in [-0.1, -0.05) is 31.2 Å². The molecular weight excluding hydrogens is 314 g/mol. The molecule has 1 atom stereocenters. The summed E-state index contributed by atoms with van der Waals surface area (Å²) < 4.78 is 27.3. The van der Waals surface area contributed by atoms with Crippen molar-refractivity contribution in [3.63, 3.8) is 0 Å². The zero-order chi connectivity index (χ0) is 17.0. The molecular formula is C18H20F2N2S. The van der Waals surface area contributed by atoms with Crippen LogP contribution < -0.4 is 10.6 Å². The average molecular weight is 334 g/mol. The van der Waals surface area contributed by atoms with E-state index in [2.05, 4.69) is 36.6 Å². The van der Waals surface area contributed by atoms with Gasteiger partial charge < -0.3 is 10.6 Å². The number of nitrogens with one attached hydrogen (secondary N) is 2. The molecule has 2 nitrogen and oxygen atoms in total. The van der Waals surface area contributed by atoms with E-state index < -0.39 is 11.6 Å². The lowest BCUT2D eigenvalue weighted by molar-refractivity contribution is 0.589. The maximum atomic E-state index is 13.7.